The molecule has 0 saturated heterocycles. The monoisotopic (exact) mass is 475 g/mol. The van der Waals surface area contributed by atoms with E-state index in [2.05, 4.69) is 38.4 Å². The van der Waals surface area contributed by atoms with E-state index in [4.69, 9.17) is 23.2 Å². The summed E-state index contributed by atoms with van der Waals surface area (Å²) >= 11 is 13.8. The second-order valence-electron chi connectivity index (χ2n) is 4.62. The van der Waals surface area contributed by atoms with Crippen LogP contribution in [0.1, 0.15) is 15.9 Å². The van der Waals surface area contributed by atoms with Gasteiger partial charge in [-0.05, 0) is 46.9 Å². The molecule has 0 fully saturated rings. The molecule has 24 heavy (non-hydrogen) atoms. The maximum atomic E-state index is 12.0. The fourth-order valence-corrected chi connectivity index (χ4v) is 2.81. The fraction of sp³-hybridized carbons (Fsp3) is 0.0625. The predicted molar refractivity (Wildman–Crippen MR) is 104 cm³/mol. The third-order valence-corrected chi connectivity index (χ3v) is 4.39. The van der Waals surface area contributed by atoms with Gasteiger partial charge in [0.05, 0.1) is 23.3 Å². The molecule has 0 bridgehead atoms. The smallest absolute Gasteiger partial charge is 0.259 e. The van der Waals surface area contributed by atoms with Crippen LogP contribution in [0.4, 0.5) is 0 Å². The van der Waals surface area contributed by atoms with E-state index in [1.165, 1.54) is 6.21 Å². The van der Waals surface area contributed by atoms with Crippen LogP contribution in [0.5, 0.6) is 0 Å². The summed E-state index contributed by atoms with van der Waals surface area (Å²) in [6.07, 6.45) is 1.40. The average molecular weight is 476 g/mol. The van der Waals surface area contributed by atoms with Gasteiger partial charge >= 0.3 is 0 Å². The van der Waals surface area contributed by atoms with Crippen LogP contribution in [0, 0.1) is 3.57 Å². The van der Waals surface area contributed by atoms with Gasteiger partial charge in [-0.1, -0.05) is 41.4 Å². The number of benzene rings is 2. The van der Waals surface area contributed by atoms with Crippen LogP contribution in [0.2, 0.25) is 10.0 Å². The van der Waals surface area contributed by atoms with Crippen molar-refractivity contribution in [2.75, 3.05) is 6.54 Å². The van der Waals surface area contributed by atoms with Crippen molar-refractivity contribution < 1.29 is 9.59 Å². The zero-order valence-corrected chi connectivity index (χ0v) is 15.9. The molecule has 0 aliphatic rings. The standard InChI is InChI=1S/C16H12Cl2IN3O2/c17-11-6-5-10(13(18)7-11)8-21-22-15(23)9-20-16(24)12-3-1-2-4-14(12)19/h1-8H,9H2,(H,20,24)(H,22,23). The molecule has 0 spiro atoms. The number of nitrogens with one attached hydrogen (secondary N) is 2. The number of amides is 2. The number of hydrogen-bond acceptors (Lipinski definition) is 3. The number of hydrogen-bond donors (Lipinski definition) is 2. The topological polar surface area (TPSA) is 70.6 Å². The molecule has 0 heterocycles. The SMILES string of the molecule is O=C(CNC(=O)c1ccccc1I)NN=Cc1ccc(Cl)cc1Cl. The van der Waals surface area contributed by atoms with Gasteiger partial charge in [0.15, 0.2) is 0 Å². The molecule has 2 N–H and O–H groups in total. The molecule has 5 nitrogen and oxygen atoms in total. The summed E-state index contributed by atoms with van der Waals surface area (Å²) in [5.74, 6) is -0.768. The minimum absolute atomic E-state index is 0.185. The molecule has 0 aromatic heterocycles. The molecule has 2 amide bonds. The predicted octanol–water partition coefficient (Wildman–Crippen LogP) is 3.48. The van der Waals surface area contributed by atoms with E-state index in [1.54, 1.807) is 30.3 Å². The Morgan fingerprint density at radius 1 is 1.17 bits per heavy atom. The summed E-state index contributed by atoms with van der Waals surface area (Å²) in [6.45, 7) is -0.185. The summed E-state index contributed by atoms with van der Waals surface area (Å²) < 4.78 is 0.809. The molecular weight excluding hydrogens is 464 g/mol. The van der Waals surface area contributed by atoms with Crippen molar-refractivity contribution in [1.29, 1.82) is 0 Å². The van der Waals surface area contributed by atoms with Crippen molar-refractivity contribution in [3.8, 4) is 0 Å². The van der Waals surface area contributed by atoms with Gasteiger partial charge in [-0.25, -0.2) is 5.43 Å². The Hall–Kier alpha value is -1.64. The number of nitrogens with zero attached hydrogens (tertiary/aromatic N) is 1. The highest BCUT2D eigenvalue weighted by Gasteiger charge is 2.10. The molecule has 124 valence electrons. The Morgan fingerprint density at radius 2 is 1.92 bits per heavy atom. The highest BCUT2D eigenvalue weighted by molar-refractivity contribution is 14.1. The average Bonchev–Trinajstić information content (AvgIpc) is 2.55. The zero-order valence-electron chi connectivity index (χ0n) is 12.2. The summed E-state index contributed by atoms with van der Waals surface area (Å²) in [6, 6.07) is 12.0. The van der Waals surface area contributed by atoms with Gasteiger partial charge in [-0.2, -0.15) is 5.10 Å². The first-order chi connectivity index (χ1) is 11.5. The number of halogens is 3. The van der Waals surface area contributed by atoms with E-state index in [0.717, 1.165) is 3.57 Å². The Kier molecular flexibility index (Phi) is 7.01. The molecule has 0 unspecified atom stereocenters. The van der Waals surface area contributed by atoms with Crippen LogP contribution in [0.25, 0.3) is 0 Å². The van der Waals surface area contributed by atoms with Crippen LogP contribution in [0.3, 0.4) is 0 Å². The maximum Gasteiger partial charge on any atom is 0.259 e. The number of carbonyl (C=O) groups is 2. The first kappa shape index (κ1) is 18.7. The van der Waals surface area contributed by atoms with Crippen molar-refractivity contribution >= 4 is 63.8 Å². The lowest BCUT2D eigenvalue weighted by Crippen LogP contribution is -2.35. The Bertz CT molecular complexity index is 797. The number of carbonyl (C=O) groups excluding carboxylic acids is 2. The van der Waals surface area contributed by atoms with Crippen molar-refractivity contribution in [3.05, 3.63) is 67.2 Å². The molecule has 0 saturated carbocycles. The summed E-state index contributed by atoms with van der Waals surface area (Å²) in [4.78, 5) is 23.7. The molecule has 0 aliphatic carbocycles. The van der Waals surface area contributed by atoms with Crippen molar-refractivity contribution in [1.82, 2.24) is 10.7 Å². The molecule has 0 radical (unpaired) electrons. The molecule has 2 rings (SSSR count). The third-order valence-electron chi connectivity index (χ3n) is 2.88. The van der Waals surface area contributed by atoms with E-state index in [1.807, 2.05) is 12.1 Å². The number of hydrazone groups is 1. The quantitative estimate of drug-likeness (QED) is 0.395. The molecule has 8 heteroatoms. The molecule has 0 aliphatic heterocycles. The van der Waals surface area contributed by atoms with Crippen LogP contribution in [-0.4, -0.2) is 24.6 Å². The van der Waals surface area contributed by atoms with Crippen molar-refractivity contribution in [2.24, 2.45) is 5.10 Å². The van der Waals surface area contributed by atoms with Crippen LogP contribution < -0.4 is 10.7 Å². The third kappa shape index (κ3) is 5.47. The second kappa shape index (κ2) is 9.00. The van der Waals surface area contributed by atoms with E-state index in [9.17, 15) is 9.59 Å². The van der Waals surface area contributed by atoms with Gasteiger partial charge in [-0.3, -0.25) is 9.59 Å². The van der Waals surface area contributed by atoms with Gasteiger partial charge in [0.25, 0.3) is 11.8 Å². The summed E-state index contributed by atoms with van der Waals surface area (Å²) in [5.41, 5.74) is 3.45. The van der Waals surface area contributed by atoms with Gasteiger partial charge in [0.2, 0.25) is 0 Å². The van der Waals surface area contributed by atoms with E-state index >= 15 is 0 Å². The van der Waals surface area contributed by atoms with Crippen LogP contribution in [0.15, 0.2) is 47.6 Å². The lowest BCUT2D eigenvalue weighted by Gasteiger charge is -2.05. The van der Waals surface area contributed by atoms with Gasteiger partial charge in [-0.15, -0.1) is 0 Å². The molecular formula is C16H12Cl2IN3O2. The van der Waals surface area contributed by atoms with Gasteiger partial charge in [0.1, 0.15) is 0 Å². The first-order valence-corrected chi connectivity index (χ1v) is 8.60. The van der Waals surface area contributed by atoms with Crippen molar-refractivity contribution in [2.45, 2.75) is 0 Å². The Labute approximate surface area is 162 Å². The first-order valence-electron chi connectivity index (χ1n) is 6.77. The van der Waals surface area contributed by atoms with Gasteiger partial charge in [0, 0.05) is 14.2 Å². The lowest BCUT2D eigenvalue weighted by molar-refractivity contribution is -0.120. The molecule has 2 aromatic carbocycles. The Balaban J connectivity index is 1.84. The number of rotatable bonds is 5. The highest BCUT2D eigenvalue weighted by Crippen LogP contribution is 2.19. The zero-order chi connectivity index (χ0) is 17.5. The highest BCUT2D eigenvalue weighted by atomic mass is 127. The maximum absolute atomic E-state index is 12.0. The second-order valence-corrected chi connectivity index (χ2v) is 6.63. The van der Waals surface area contributed by atoms with Crippen LogP contribution >= 0.6 is 45.8 Å². The summed E-state index contributed by atoms with van der Waals surface area (Å²) in [5, 5.41) is 7.27. The van der Waals surface area contributed by atoms with Gasteiger partial charge < -0.3 is 5.32 Å². The normalized spacial score (nSPS) is 10.6. The fourth-order valence-electron chi connectivity index (χ4n) is 1.72. The largest absolute Gasteiger partial charge is 0.343 e. The minimum atomic E-state index is -0.448. The molecule has 2 aromatic rings. The Morgan fingerprint density at radius 3 is 2.62 bits per heavy atom. The van der Waals surface area contributed by atoms with E-state index < -0.39 is 5.91 Å². The lowest BCUT2D eigenvalue weighted by atomic mass is 10.2. The van der Waals surface area contributed by atoms with Crippen LogP contribution in [-0.2, 0) is 4.79 Å². The van der Waals surface area contributed by atoms with E-state index in [-0.39, 0.29) is 12.5 Å². The van der Waals surface area contributed by atoms with Crippen molar-refractivity contribution in [3.63, 3.8) is 0 Å². The summed E-state index contributed by atoms with van der Waals surface area (Å²) in [7, 11) is 0. The van der Waals surface area contributed by atoms with E-state index in [0.29, 0.717) is 21.2 Å². The minimum Gasteiger partial charge on any atom is -0.343 e. The molecule has 0 atom stereocenters.